The molecule has 2 fully saturated rings. The number of guanidine groups is 1. The smallest absolute Gasteiger partial charge is 0.202 e. The van der Waals surface area contributed by atoms with Gasteiger partial charge in [-0.15, -0.1) is 0 Å². The van der Waals surface area contributed by atoms with Crippen molar-refractivity contribution in [3.8, 4) is 17.6 Å². The number of aliphatic imine (C=N–C) groups is 2. The maximum atomic E-state index is 6.39. The van der Waals surface area contributed by atoms with Crippen LogP contribution in [0.15, 0.2) is 70.2 Å². The molecule has 2 N–H and O–H groups in total. The zero-order valence-electron chi connectivity index (χ0n) is 26.1. The Balaban J connectivity index is 1.11. The Labute approximate surface area is 252 Å². The van der Waals surface area contributed by atoms with E-state index in [0.717, 1.165) is 54.5 Å². The number of hydrogen-bond donors (Lipinski definition) is 1. The van der Waals surface area contributed by atoms with E-state index in [1.807, 2.05) is 60.5 Å². The third-order valence-corrected chi connectivity index (χ3v) is 8.60. The van der Waals surface area contributed by atoms with Crippen molar-refractivity contribution in [1.82, 2.24) is 9.80 Å². The van der Waals surface area contributed by atoms with Gasteiger partial charge in [-0.05, 0) is 106 Å². The van der Waals surface area contributed by atoms with Gasteiger partial charge in [-0.1, -0.05) is 38.2 Å². The maximum absolute atomic E-state index is 6.39. The second-order valence-corrected chi connectivity index (χ2v) is 13.0. The molecule has 0 bridgehead atoms. The van der Waals surface area contributed by atoms with Gasteiger partial charge in [0.15, 0.2) is 5.84 Å². The molecule has 222 valence electrons. The second-order valence-electron chi connectivity index (χ2n) is 13.0. The third-order valence-electron chi connectivity index (χ3n) is 8.60. The van der Waals surface area contributed by atoms with Crippen molar-refractivity contribution in [3.63, 3.8) is 0 Å². The number of nitrogens with two attached hydrogens (primary N) is 1. The number of nitrogens with zero attached hydrogens (tertiary/aromatic N) is 5. The number of rotatable bonds is 6. The van der Waals surface area contributed by atoms with Crippen molar-refractivity contribution >= 4 is 17.5 Å². The largest absolute Gasteiger partial charge is 0.492 e. The van der Waals surface area contributed by atoms with E-state index in [2.05, 4.69) is 67.6 Å². The summed E-state index contributed by atoms with van der Waals surface area (Å²) in [6.45, 7) is 10.7. The van der Waals surface area contributed by atoms with E-state index in [-0.39, 0.29) is 5.41 Å². The fourth-order valence-electron chi connectivity index (χ4n) is 5.77. The molecule has 2 aliphatic heterocycles. The molecule has 2 aromatic rings. The van der Waals surface area contributed by atoms with Crippen LogP contribution >= 0.6 is 0 Å². The monoisotopic (exact) mass is 566 g/mol. The van der Waals surface area contributed by atoms with E-state index < -0.39 is 0 Å². The molecular weight excluding hydrogens is 520 g/mol. The van der Waals surface area contributed by atoms with E-state index in [9.17, 15) is 0 Å². The first-order valence-corrected chi connectivity index (χ1v) is 15.2. The Morgan fingerprint density at radius 3 is 2.21 bits per heavy atom. The molecule has 0 amide bonds. The van der Waals surface area contributed by atoms with E-state index in [1.54, 1.807) is 0 Å². The van der Waals surface area contributed by atoms with Gasteiger partial charge in [-0.2, -0.15) is 4.99 Å². The van der Waals surface area contributed by atoms with E-state index in [1.165, 1.54) is 18.4 Å². The zero-order chi connectivity index (χ0) is 29.9. The number of benzene rings is 2. The standard InChI is InChI=1S/C35H46N6O/c1-35(2,3)31-24-33(37-32-23-30(31)32)38-34(36)40(6)28-13-9-25(10-14-28)7-8-26-11-15-29(16-12-26)42-22-21-41-19-17-27(18-20-41)39(4)5/h9-16,24,27,30,32H,17-23H2,1-6H3,(H2,36,37,38). The van der Waals surface area contributed by atoms with Crippen LogP contribution < -0.4 is 15.4 Å². The fourth-order valence-corrected chi connectivity index (χ4v) is 5.77. The Bertz CT molecular complexity index is 1380. The van der Waals surface area contributed by atoms with Crippen LogP contribution in [0.3, 0.4) is 0 Å². The molecular formula is C35H46N6O. The summed E-state index contributed by atoms with van der Waals surface area (Å²) >= 11 is 0. The average molecular weight is 567 g/mol. The van der Waals surface area contributed by atoms with E-state index in [0.29, 0.717) is 30.6 Å². The zero-order valence-corrected chi connectivity index (χ0v) is 26.1. The van der Waals surface area contributed by atoms with Crippen molar-refractivity contribution in [2.24, 2.45) is 27.1 Å². The van der Waals surface area contributed by atoms with Crippen molar-refractivity contribution in [2.75, 3.05) is 52.3 Å². The van der Waals surface area contributed by atoms with Gasteiger partial charge >= 0.3 is 0 Å². The lowest BCUT2D eigenvalue weighted by atomic mass is 9.82. The Hall–Kier alpha value is -3.60. The van der Waals surface area contributed by atoms with E-state index >= 15 is 0 Å². The number of hydrogen-bond acceptors (Lipinski definition) is 5. The molecule has 1 aliphatic carbocycles. The summed E-state index contributed by atoms with van der Waals surface area (Å²) in [5.74, 6) is 9.13. The summed E-state index contributed by atoms with van der Waals surface area (Å²) in [4.78, 5) is 16.1. The molecule has 0 aromatic heterocycles. The van der Waals surface area contributed by atoms with Crippen molar-refractivity contribution in [3.05, 3.63) is 71.3 Å². The molecule has 3 aliphatic rings. The van der Waals surface area contributed by atoms with Crippen LogP contribution in [0, 0.1) is 23.2 Å². The highest BCUT2D eigenvalue weighted by Crippen LogP contribution is 2.49. The molecule has 7 heteroatoms. The predicted molar refractivity (Wildman–Crippen MR) is 174 cm³/mol. The number of piperidine rings is 1. The molecule has 2 atom stereocenters. The van der Waals surface area contributed by atoms with Crippen molar-refractivity contribution in [1.29, 1.82) is 0 Å². The highest BCUT2D eigenvalue weighted by atomic mass is 16.5. The maximum Gasteiger partial charge on any atom is 0.202 e. The molecule has 1 saturated heterocycles. The molecule has 5 rings (SSSR count). The van der Waals surface area contributed by atoms with Gasteiger partial charge in [-0.25, -0.2) is 0 Å². The van der Waals surface area contributed by atoms with Gasteiger partial charge in [0.05, 0.1) is 6.04 Å². The van der Waals surface area contributed by atoms with Crippen LogP contribution in [0.5, 0.6) is 5.75 Å². The minimum Gasteiger partial charge on any atom is -0.492 e. The van der Waals surface area contributed by atoms with Crippen LogP contribution in [0.1, 0.15) is 51.2 Å². The first kappa shape index (κ1) is 29.9. The van der Waals surface area contributed by atoms with E-state index in [4.69, 9.17) is 15.5 Å². The summed E-state index contributed by atoms with van der Waals surface area (Å²) in [5.41, 5.74) is 10.8. The topological polar surface area (TPSA) is 69.7 Å². The summed E-state index contributed by atoms with van der Waals surface area (Å²) < 4.78 is 6.00. The Kier molecular flexibility index (Phi) is 9.05. The first-order chi connectivity index (χ1) is 20.1. The number of fused-ring (bicyclic) bond motifs is 1. The quantitative estimate of drug-likeness (QED) is 0.302. The van der Waals surface area contributed by atoms with Crippen LogP contribution in [-0.2, 0) is 0 Å². The molecule has 0 radical (unpaired) electrons. The van der Waals surface area contributed by atoms with Crippen molar-refractivity contribution < 1.29 is 4.74 Å². The highest BCUT2D eigenvalue weighted by molar-refractivity contribution is 6.07. The van der Waals surface area contributed by atoms with Gasteiger partial charge in [0, 0.05) is 42.4 Å². The van der Waals surface area contributed by atoms with Crippen LogP contribution in [-0.4, -0.2) is 81.1 Å². The van der Waals surface area contributed by atoms with Crippen LogP contribution in [0.2, 0.25) is 0 Å². The first-order valence-electron chi connectivity index (χ1n) is 15.2. The highest BCUT2D eigenvalue weighted by Gasteiger charge is 2.45. The Morgan fingerprint density at radius 2 is 1.62 bits per heavy atom. The lowest BCUT2D eigenvalue weighted by molar-refractivity contribution is 0.128. The molecule has 7 nitrogen and oxygen atoms in total. The molecule has 2 aromatic carbocycles. The third kappa shape index (κ3) is 7.61. The predicted octanol–water partition coefficient (Wildman–Crippen LogP) is 5.02. The van der Waals surface area contributed by atoms with Crippen LogP contribution in [0.25, 0.3) is 0 Å². The minimum atomic E-state index is 0.118. The summed E-state index contributed by atoms with van der Waals surface area (Å²) in [6.07, 6.45) is 5.71. The average Bonchev–Trinajstić information content (AvgIpc) is 3.75. The molecule has 42 heavy (non-hydrogen) atoms. The molecule has 1 saturated carbocycles. The number of ether oxygens (including phenoxy) is 1. The fraction of sp³-hybridized carbons (Fsp3) is 0.486. The summed E-state index contributed by atoms with van der Waals surface area (Å²) in [7, 11) is 6.28. The van der Waals surface area contributed by atoms with Gasteiger partial charge in [-0.3, -0.25) is 9.89 Å². The molecule has 0 spiro atoms. The van der Waals surface area contributed by atoms with Crippen molar-refractivity contribution in [2.45, 2.75) is 52.1 Å². The molecule has 2 heterocycles. The number of dihydropyridines is 1. The number of anilines is 1. The van der Waals surface area contributed by atoms with Gasteiger partial charge in [0.2, 0.25) is 5.96 Å². The lowest BCUT2D eigenvalue weighted by Gasteiger charge is -2.35. The van der Waals surface area contributed by atoms with Crippen LogP contribution in [0.4, 0.5) is 5.69 Å². The van der Waals surface area contributed by atoms with Gasteiger partial charge < -0.3 is 20.3 Å². The normalized spacial score (nSPS) is 21.2. The number of amidine groups is 1. The second kappa shape index (κ2) is 12.7. The van der Waals surface area contributed by atoms with Gasteiger partial charge in [0.1, 0.15) is 12.4 Å². The summed E-state index contributed by atoms with van der Waals surface area (Å²) in [5, 5.41) is 0. The lowest BCUT2D eigenvalue weighted by Crippen LogP contribution is -2.43. The minimum absolute atomic E-state index is 0.118. The molecule has 2 unspecified atom stereocenters. The number of likely N-dealkylation sites (tertiary alicyclic amines) is 1. The Morgan fingerprint density at radius 1 is 1.00 bits per heavy atom. The SMILES string of the molecule is CN(C(N)=NC1=NC2CC2C(C(C)(C)C)=C1)c1ccc(C#Cc2ccc(OCCN3CCC(N(C)C)CC3)cc2)cc1. The summed E-state index contributed by atoms with van der Waals surface area (Å²) in [6, 6.07) is 17.2. The van der Waals surface area contributed by atoms with Gasteiger partial charge in [0.25, 0.3) is 0 Å².